The Bertz CT molecular complexity index is 1420. The molecule has 0 aliphatic heterocycles. The number of pyridine rings is 1. The highest BCUT2D eigenvalue weighted by Crippen LogP contribution is 2.35. The molecule has 0 saturated carbocycles. The van der Waals surface area contributed by atoms with Crippen LogP contribution in [0.15, 0.2) is 35.1 Å². The molecule has 0 atom stereocenters. The maximum atomic E-state index is 13.8. The SMILES string of the molecule is CCN(CC)CCn1c(-c2ccccc2[N+](=O)[O-])nc2c(sc3nc(C)cc(COC)c32)c1=O. The summed E-state index contributed by atoms with van der Waals surface area (Å²) in [6.07, 6.45) is 0. The second kappa shape index (κ2) is 9.96. The summed E-state index contributed by atoms with van der Waals surface area (Å²) in [6.45, 7) is 9.06. The molecule has 0 N–H and O–H groups in total. The van der Waals surface area contributed by atoms with Crippen molar-refractivity contribution in [2.24, 2.45) is 0 Å². The van der Waals surface area contributed by atoms with Crippen molar-refractivity contribution >= 4 is 37.5 Å². The lowest BCUT2D eigenvalue weighted by Gasteiger charge is -2.20. The van der Waals surface area contributed by atoms with Crippen molar-refractivity contribution in [2.45, 2.75) is 33.9 Å². The van der Waals surface area contributed by atoms with Gasteiger partial charge in [-0.3, -0.25) is 19.5 Å². The number of aromatic nitrogens is 3. The molecule has 0 fully saturated rings. The van der Waals surface area contributed by atoms with Gasteiger partial charge in [-0.25, -0.2) is 9.97 Å². The Kier molecular flexibility index (Phi) is 7.01. The molecule has 34 heavy (non-hydrogen) atoms. The summed E-state index contributed by atoms with van der Waals surface area (Å²) in [5, 5.41) is 12.6. The van der Waals surface area contributed by atoms with Crippen LogP contribution in [0.1, 0.15) is 25.1 Å². The number of rotatable bonds is 9. The lowest BCUT2D eigenvalue weighted by Crippen LogP contribution is -2.32. The highest BCUT2D eigenvalue weighted by molar-refractivity contribution is 7.25. The van der Waals surface area contributed by atoms with Crippen molar-refractivity contribution in [1.29, 1.82) is 0 Å². The molecule has 0 amide bonds. The van der Waals surface area contributed by atoms with Crippen molar-refractivity contribution in [1.82, 2.24) is 19.4 Å². The van der Waals surface area contributed by atoms with E-state index in [0.29, 0.717) is 46.1 Å². The number of nitro benzene ring substituents is 1. The minimum atomic E-state index is -0.437. The fourth-order valence-corrected chi connectivity index (χ4v) is 5.37. The van der Waals surface area contributed by atoms with E-state index in [2.05, 4.69) is 23.7 Å². The van der Waals surface area contributed by atoms with Gasteiger partial charge in [-0.05, 0) is 37.7 Å². The van der Waals surface area contributed by atoms with Gasteiger partial charge in [0.1, 0.15) is 9.53 Å². The normalized spacial score (nSPS) is 11.7. The van der Waals surface area contributed by atoms with Crippen LogP contribution in [0.4, 0.5) is 5.69 Å². The van der Waals surface area contributed by atoms with Gasteiger partial charge in [0.05, 0.1) is 22.6 Å². The first-order valence-corrected chi connectivity index (χ1v) is 12.0. The van der Waals surface area contributed by atoms with E-state index in [4.69, 9.17) is 9.72 Å². The molecule has 3 aromatic heterocycles. The lowest BCUT2D eigenvalue weighted by atomic mass is 10.1. The van der Waals surface area contributed by atoms with Crippen molar-refractivity contribution in [2.75, 3.05) is 26.7 Å². The molecule has 0 aliphatic carbocycles. The van der Waals surface area contributed by atoms with Crippen molar-refractivity contribution in [3.05, 3.63) is 62.1 Å². The highest BCUT2D eigenvalue weighted by atomic mass is 32.1. The van der Waals surface area contributed by atoms with E-state index in [-0.39, 0.29) is 11.2 Å². The molecule has 178 valence electrons. The zero-order valence-electron chi connectivity index (χ0n) is 19.7. The smallest absolute Gasteiger partial charge is 0.280 e. The van der Waals surface area contributed by atoms with Gasteiger partial charge in [0.15, 0.2) is 5.82 Å². The first-order chi connectivity index (χ1) is 16.4. The minimum Gasteiger partial charge on any atom is -0.380 e. The standard InChI is InChI=1S/C24H27N5O4S/c1-5-27(6-2)11-12-28-22(17-9-7-8-10-18(17)29(31)32)26-20-19-16(14-33-4)13-15(3)25-23(19)34-21(20)24(28)30/h7-10,13H,5-6,11-12,14H2,1-4H3. The van der Waals surface area contributed by atoms with Gasteiger partial charge in [-0.1, -0.05) is 26.0 Å². The van der Waals surface area contributed by atoms with E-state index in [0.717, 1.165) is 29.7 Å². The number of nitrogens with zero attached hydrogens (tertiary/aromatic N) is 5. The summed E-state index contributed by atoms with van der Waals surface area (Å²) in [5.41, 5.74) is 2.24. The largest absolute Gasteiger partial charge is 0.380 e. The van der Waals surface area contributed by atoms with Crippen LogP contribution in [-0.2, 0) is 17.9 Å². The summed E-state index contributed by atoms with van der Waals surface area (Å²) in [5.74, 6) is 0.292. The van der Waals surface area contributed by atoms with Crippen molar-refractivity contribution in [3.63, 3.8) is 0 Å². The third-order valence-corrected chi connectivity index (χ3v) is 7.00. The Morgan fingerprint density at radius 1 is 1.21 bits per heavy atom. The molecule has 4 rings (SSSR count). The molecular formula is C24H27N5O4S. The third kappa shape index (κ3) is 4.31. The van der Waals surface area contributed by atoms with Gasteiger partial charge in [-0.15, -0.1) is 11.3 Å². The van der Waals surface area contributed by atoms with Gasteiger partial charge in [0, 0.05) is 37.3 Å². The number of aryl methyl sites for hydroxylation is 1. The van der Waals surface area contributed by atoms with E-state index in [1.165, 1.54) is 17.4 Å². The molecule has 9 nitrogen and oxygen atoms in total. The van der Waals surface area contributed by atoms with Crippen LogP contribution in [-0.4, -0.2) is 51.1 Å². The van der Waals surface area contributed by atoms with E-state index < -0.39 is 4.92 Å². The summed E-state index contributed by atoms with van der Waals surface area (Å²) in [7, 11) is 1.61. The highest BCUT2D eigenvalue weighted by Gasteiger charge is 2.24. The zero-order chi connectivity index (χ0) is 24.4. The second-order valence-corrected chi connectivity index (χ2v) is 9.01. The molecule has 10 heteroatoms. The van der Waals surface area contributed by atoms with Crippen LogP contribution in [0.5, 0.6) is 0 Å². The Balaban J connectivity index is 2.06. The first kappa shape index (κ1) is 23.9. The molecule has 0 radical (unpaired) electrons. The van der Waals surface area contributed by atoms with E-state index >= 15 is 0 Å². The first-order valence-electron chi connectivity index (χ1n) is 11.2. The predicted molar refractivity (Wildman–Crippen MR) is 135 cm³/mol. The fraction of sp³-hybridized carbons (Fsp3) is 0.375. The molecule has 0 bridgehead atoms. The molecule has 1 aromatic carbocycles. The summed E-state index contributed by atoms with van der Waals surface area (Å²) >= 11 is 1.31. The van der Waals surface area contributed by atoms with Crippen LogP contribution in [0, 0.1) is 17.0 Å². The second-order valence-electron chi connectivity index (χ2n) is 8.01. The zero-order valence-corrected chi connectivity index (χ0v) is 20.5. The van der Waals surface area contributed by atoms with Crippen LogP contribution >= 0.6 is 11.3 Å². The average Bonchev–Trinajstić information content (AvgIpc) is 3.19. The van der Waals surface area contributed by atoms with Gasteiger partial charge in [0.25, 0.3) is 11.2 Å². The predicted octanol–water partition coefficient (Wildman–Crippen LogP) is 4.38. The number of hydrogen-bond acceptors (Lipinski definition) is 8. The molecule has 0 unspecified atom stereocenters. The third-order valence-electron chi connectivity index (χ3n) is 5.94. The summed E-state index contributed by atoms with van der Waals surface area (Å²) < 4.78 is 7.45. The number of methoxy groups -OCH3 is 1. The Hall–Kier alpha value is -3.21. The average molecular weight is 482 g/mol. The van der Waals surface area contributed by atoms with Gasteiger partial charge >= 0.3 is 0 Å². The molecule has 0 spiro atoms. The maximum Gasteiger partial charge on any atom is 0.280 e. The van der Waals surface area contributed by atoms with Crippen LogP contribution < -0.4 is 5.56 Å². The number of likely N-dealkylation sites (N-methyl/N-ethyl adjacent to an activating group) is 1. The minimum absolute atomic E-state index is 0.0871. The number of thiophene rings is 1. The molecular weight excluding hydrogens is 454 g/mol. The van der Waals surface area contributed by atoms with Crippen molar-refractivity contribution in [3.8, 4) is 11.4 Å². The van der Waals surface area contributed by atoms with Crippen LogP contribution in [0.25, 0.3) is 31.8 Å². The number of para-hydroxylation sites is 1. The van der Waals surface area contributed by atoms with Gasteiger partial charge in [0.2, 0.25) is 0 Å². The summed E-state index contributed by atoms with van der Waals surface area (Å²) in [4.78, 5) is 37.6. The van der Waals surface area contributed by atoms with E-state index in [1.54, 1.807) is 29.9 Å². The monoisotopic (exact) mass is 481 g/mol. The number of hydrogen-bond donors (Lipinski definition) is 0. The van der Waals surface area contributed by atoms with Gasteiger partial charge in [-0.2, -0.15) is 0 Å². The number of ether oxygens (including phenoxy) is 1. The van der Waals surface area contributed by atoms with Crippen LogP contribution in [0.3, 0.4) is 0 Å². The van der Waals surface area contributed by atoms with E-state index in [9.17, 15) is 14.9 Å². The Morgan fingerprint density at radius 3 is 2.62 bits per heavy atom. The maximum absolute atomic E-state index is 13.8. The quantitative estimate of drug-likeness (QED) is 0.258. The molecule has 0 aliphatic rings. The lowest BCUT2D eigenvalue weighted by molar-refractivity contribution is -0.384. The molecule has 0 saturated heterocycles. The van der Waals surface area contributed by atoms with E-state index in [1.807, 2.05) is 13.0 Å². The fourth-order valence-electron chi connectivity index (χ4n) is 4.22. The number of benzene rings is 1. The van der Waals surface area contributed by atoms with Crippen molar-refractivity contribution < 1.29 is 9.66 Å². The molecule has 3 heterocycles. The Morgan fingerprint density at radius 2 is 1.94 bits per heavy atom. The summed E-state index contributed by atoms with van der Waals surface area (Å²) in [6, 6.07) is 8.35. The molecule has 4 aromatic rings. The van der Waals surface area contributed by atoms with Crippen LogP contribution in [0.2, 0.25) is 0 Å². The number of nitro groups is 1. The Labute approximate surface area is 200 Å². The number of fused-ring (bicyclic) bond motifs is 3. The topological polar surface area (TPSA) is 103 Å². The van der Waals surface area contributed by atoms with Gasteiger partial charge < -0.3 is 9.64 Å².